The zero-order valence-electron chi connectivity index (χ0n) is 13.9. The second-order valence-electron chi connectivity index (χ2n) is 8.18. The van der Waals surface area contributed by atoms with E-state index in [1.54, 1.807) is 12.1 Å². The van der Waals surface area contributed by atoms with E-state index >= 15 is 0 Å². The van der Waals surface area contributed by atoms with Crippen molar-refractivity contribution in [1.29, 1.82) is 0 Å². The van der Waals surface area contributed by atoms with E-state index in [9.17, 15) is 4.39 Å². The summed E-state index contributed by atoms with van der Waals surface area (Å²) in [5.41, 5.74) is 1.12. The van der Waals surface area contributed by atoms with Crippen LogP contribution in [0.4, 0.5) is 4.39 Å². The van der Waals surface area contributed by atoms with Crippen LogP contribution in [0, 0.1) is 23.1 Å². The Morgan fingerprint density at radius 2 is 1.96 bits per heavy atom. The van der Waals surface area contributed by atoms with Crippen LogP contribution in [-0.4, -0.2) is 24.1 Å². The van der Waals surface area contributed by atoms with Crippen LogP contribution in [0.2, 0.25) is 0 Å². The van der Waals surface area contributed by atoms with E-state index in [2.05, 4.69) is 20.8 Å². The van der Waals surface area contributed by atoms with Gasteiger partial charge in [0.15, 0.2) is 0 Å². The fraction of sp³-hybridized carbons (Fsp3) is 0.667. The molecule has 0 spiro atoms. The molecule has 5 heteroatoms. The maximum atomic E-state index is 13.0. The molecule has 2 bridgehead atoms. The van der Waals surface area contributed by atoms with Gasteiger partial charge < -0.3 is 9.31 Å². The molecular formula is C18H23BClFO2. The van der Waals surface area contributed by atoms with Gasteiger partial charge in [-0.05, 0) is 61.1 Å². The second-order valence-corrected chi connectivity index (χ2v) is 8.74. The third kappa shape index (κ3) is 2.37. The maximum absolute atomic E-state index is 13.0. The lowest BCUT2D eigenvalue weighted by Crippen LogP contribution is -2.65. The molecule has 1 aromatic carbocycles. The van der Waals surface area contributed by atoms with E-state index in [4.69, 9.17) is 20.9 Å². The first-order valence-corrected chi connectivity index (χ1v) is 8.96. The summed E-state index contributed by atoms with van der Waals surface area (Å²) in [5, 5.41) is -0.261. The number of hydrogen-bond acceptors (Lipinski definition) is 2. The highest BCUT2D eigenvalue weighted by Gasteiger charge is 2.68. The number of rotatable bonds is 3. The molecule has 0 N–H and O–H groups in total. The Bertz CT molecular complexity index is 608. The molecule has 4 aliphatic rings. The molecule has 0 aromatic heterocycles. The van der Waals surface area contributed by atoms with Crippen LogP contribution in [0.3, 0.4) is 0 Å². The van der Waals surface area contributed by atoms with Gasteiger partial charge in [0.05, 0.1) is 17.0 Å². The molecule has 1 aliphatic heterocycles. The summed E-state index contributed by atoms with van der Waals surface area (Å²) < 4.78 is 25.6. The molecule has 1 unspecified atom stereocenters. The maximum Gasteiger partial charge on any atom is 0.477 e. The molecule has 3 aliphatic carbocycles. The predicted molar refractivity (Wildman–Crippen MR) is 89.9 cm³/mol. The van der Waals surface area contributed by atoms with Gasteiger partial charge in [0.2, 0.25) is 0 Å². The average Bonchev–Trinajstić information content (AvgIpc) is 2.86. The summed E-state index contributed by atoms with van der Waals surface area (Å²) in [5.74, 6) is 1.05. The van der Waals surface area contributed by atoms with E-state index < -0.39 is 0 Å². The first kappa shape index (κ1) is 15.9. The van der Waals surface area contributed by atoms with Crippen molar-refractivity contribution in [2.45, 2.75) is 57.0 Å². The third-order valence-electron chi connectivity index (χ3n) is 6.61. The second kappa shape index (κ2) is 5.21. The van der Waals surface area contributed by atoms with Crippen LogP contribution in [0.1, 0.15) is 39.2 Å². The SMILES string of the molecule is CC1(C)[C@@H]2C[C@H]3OB(C(Cl)Cc4ccc(F)cc4)O[C@@]3(C)[C@H]1C2. The van der Waals surface area contributed by atoms with Crippen LogP contribution in [-0.2, 0) is 15.7 Å². The molecule has 23 heavy (non-hydrogen) atoms. The summed E-state index contributed by atoms with van der Waals surface area (Å²) in [7, 11) is -0.383. The van der Waals surface area contributed by atoms with Crippen LogP contribution >= 0.6 is 11.6 Å². The van der Waals surface area contributed by atoms with Crippen LogP contribution in [0.15, 0.2) is 24.3 Å². The van der Waals surface area contributed by atoms with Gasteiger partial charge >= 0.3 is 7.12 Å². The average molecular weight is 337 g/mol. The highest BCUT2D eigenvalue weighted by atomic mass is 35.5. The summed E-state index contributed by atoms with van der Waals surface area (Å²) in [4.78, 5) is 0. The molecule has 0 radical (unpaired) electrons. The Labute approximate surface area is 142 Å². The lowest BCUT2D eigenvalue weighted by atomic mass is 9.43. The van der Waals surface area contributed by atoms with Gasteiger partial charge in [-0.1, -0.05) is 26.0 Å². The Morgan fingerprint density at radius 1 is 1.26 bits per heavy atom. The Balaban J connectivity index is 1.47. The van der Waals surface area contributed by atoms with Gasteiger partial charge in [-0.25, -0.2) is 4.39 Å². The summed E-state index contributed by atoms with van der Waals surface area (Å²) in [6.07, 6.45) is 3.07. The zero-order chi connectivity index (χ0) is 16.4. The minimum absolute atomic E-state index is 0.152. The van der Waals surface area contributed by atoms with Crippen LogP contribution in [0.25, 0.3) is 0 Å². The van der Waals surface area contributed by atoms with Gasteiger partial charge in [-0.3, -0.25) is 0 Å². The highest BCUT2D eigenvalue weighted by Crippen LogP contribution is 2.65. The lowest BCUT2D eigenvalue weighted by molar-refractivity contribution is -0.199. The highest BCUT2D eigenvalue weighted by molar-refractivity contribution is 6.60. The first-order chi connectivity index (χ1) is 10.8. The standard InChI is InChI=1S/C18H23BClFO2/c1-17(2)12-9-14(17)18(3)15(10-12)22-19(23-18)16(20)8-11-4-6-13(21)7-5-11/h4-7,12,14-16H,8-10H2,1-3H3/t12-,14-,15+,16?,18-/m0/s1. The van der Waals surface area contributed by atoms with Crippen molar-refractivity contribution in [1.82, 2.24) is 0 Å². The minimum atomic E-state index is -0.383. The Hall–Kier alpha value is -0.575. The normalized spacial score (nSPS) is 38.8. The molecule has 1 heterocycles. The monoisotopic (exact) mass is 336 g/mol. The number of halogens is 2. The minimum Gasteiger partial charge on any atom is -0.404 e. The van der Waals surface area contributed by atoms with Gasteiger partial charge in [0.25, 0.3) is 0 Å². The van der Waals surface area contributed by atoms with Crippen molar-refractivity contribution in [3.8, 4) is 0 Å². The van der Waals surface area contributed by atoms with Crippen LogP contribution < -0.4 is 0 Å². The topological polar surface area (TPSA) is 18.5 Å². The van der Waals surface area contributed by atoms with E-state index in [0.717, 1.165) is 17.9 Å². The molecule has 2 nitrogen and oxygen atoms in total. The van der Waals surface area contributed by atoms with Crippen molar-refractivity contribution < 1.29 is 13.7 Å². The van der Waals surface area contributed by atoms with Crippen molar-refractivity contribution in [3.05, 3.63) is 35.6 Å². The molecule has 0 amide bonds. The Kier molecular flexibility index (Phi) is 3.61. The molecule has 3 saturated carbocycles. The Morgan fingerprint density at radius 3 is 2.61 bits per heavy atom. The number of benzene rings is 1. The first-order valence-electron chi connectivity index (χ1n) is 8.52. The van der Waals surface area contributed by atoms with E-state index in [0.29, 0.717) is 17.8 Å². The summed E-state index contributed by atoms with van der Waals surface area (Å²) in [6.45, 7) is 6.89. The van der Waals surface area contributed by atoms with Crippen molar-refractivity contribution >= 4 is 18.7 Å². The third-order valence-corrected chi connectivity index (χ3v) is 6.97. The zero-order valence-corrected chi connectivity index (χ0v) is 14.6. The van der Waals surface area contributed by atoms with Gasteiger partial charge in [-0.15, -0.1) is 11.6 Å². The molecule has 1 saturated heterocycles. The van der Waals surface area contributed by atoms with Gasteiger partial charge in [0.1, 0.15) is 5.82 Å². The summed E-state index contributed by atoms with van der Waals surface area (Å²) >= 11 is 6.58. The van der Waals surface area contributed by atoms with Crippen molar-refractivity contribution in [2.75, 3.05) is 0 Å². The molecule has 4 fully saturated rings. The van der Waals surface area contributed by atoms with E-state index in [-0.39, 0.29) is 29.9 Å². The quantitative estimate of drug-likeness (QED) is 0.607. The van der Waals surface area contributed by atoms with Crippen molar-refractivity contribution in [2.24, 2.45) is 17.3 Å². The largest absolute Gasteiger partial charge is 0.477 e. The summed E-state index contributed by atoms with van der Waals surface area (Å²) in [6, 6.07) is 6.48. The van der Waals surface area contributed by atoms with Crippen molar-refractivity contribution in [3.63, 3.8) is 0 Å². The van der Waals surface area contributed by atoms with E-state index in [1.807, 2.05) is 0 Å². The fourth-order valence-corrected chi connectivity index (χ4v) is 5.28. The fourth-order valence-electron chi connectivity index (χ4n) is 5.00. The van der Waals surface area contributed by atoms with Crippen LogP contribution in [0.5, 0.6) is 0 Å². The molecule has 5 atom stereocenters. The van der Waals surface area contributed by atoms with Gasteiger partial charge in [0, 0.05) is 0 Å². The number of hydrogen-bond donors (Lipinski definition) is 0. The smallest absolute Gasteiger partial charge is 0.404 e. The number of alkyl halides is 1. The molecular weight excluding hydrogens is 313 g/mol. The molecule has 1 aromatic rings. The molecule has 124 valence electrons. The predicted octanol–water partition coefficient (Wildman–Crippen LogP) is 4.24. The van der Waals surface area contributed by atoms with Gasteiger partial charge in [-0.2, -0.15) is 0 Å². The lowest BCUT2D eigenvalue weighted by Gasteiger charge is -2.64. The van der Waals surface area contributed by atoms with E-state index in [1.165, 1.54) is 18.6 Å². The molecule has 5 rings (SSSR count).